The number of hydrogen-bond donors (Lipinski definition) is 5. The number of anilines is 4. The highest BCUT2D eigenvalue weighted by Gasteiger charge is 2.45. The fraction of sp³-hybridized carbons (Fsp3) is 0.211. The van der Waals surface area contributed by atoms with E-state index in [1.807, 2.05) is 12.1 Å². The quantitative estimate of drug-likeness (QED) is 0.0652. The number of rotatable bonds is 15. The molecule has 5 N–H and O–H groups in total. The Balaban J connectivity index is 1.07. The van der Waals surface area contributed by atoms with Crippen molar-refractivity contribution in [2.45, 2.75) is 30.6 Å². The van der Waals surface area contributed by atoms with Crippen LogP contribution >= 0.6 is 11.6 Å². The van der Waals surface area contributed by atoms with Crippen molar-refractivity contribution in [1.82, 2.24) is 30.6 Å². The van der Waals surface area contributed by atoms with Gasteiger partial charge in [0.2, 0.25) is 11.9 Å². The SMILES string of the molecule is COC(=O)[C@H](CNC(=O)C(=O)Nc1cccc(Oc2cccnc2)c1)NC(=O)c1ccc(Nc2nc(NC3(c4ccc(Cl)cc4)CC3)nc(OCC(F)(F)F)n2)cc1. The van der Waals surface area contributed by atoms with Crippen LogP contribution in [0, 0.1) is 0 Å². The molecule has 5 aromatic rings. The first kappa shape index (κ1) is 40.6. The normalized spacial score (nSPS) is 13.3. The first-order valence-corrected chi connectivity index (χ1v) is 17.7. The summed E-state index contributed by atoms with van der Waals surface area (Å²) in [7, 11) is 1.08. The number of hydrogen-bond acceptors (Lipinski definition) is 13. The fourth-order valence-electron chi connectivity index (χ4n) is 5.33. The van der Waals surface area contributed by atoms with Crippen LogP contribution in [0.4, 0.5) is 36.4 Å². The molecule has 0 unspecified atom stereocenters. The Morgan fingerprint density at radius 2 is 1.59 bits per heavy atom. The zero-order valence-electron chi connectivity index (χ0n) is 30.3. The highest BCUT2D eigenvalue weighted by Crippen LogP contribution is 2.48. The van der Waals surface area contributed by atoms with Gasteiger partial charge in [0.05, 0.1) is 18.8 Å². The second-order valence-corrected chi connectivity index (χ2v) is 13.1. The van der Waals surface area contributed by atoms with Crippen molar-refractivity contribution in [3.63, 3.8) is 0 Å². The molecule has 0 radical (unpaired) electrons. The topological polar surface area (TPSA) is 208 Å². The number of esters is 1. The Hall–Kier alpha value is -7.02. The van der Waals surface area contributed by atoms with Crippen molar-refractivity contribution in [3.05, 3.63) is 113 Å². The van der Waals surface area contributed by atoms with Crippen LogP contribution in [0.15, 0.2) is 97.3 Å². The maximum Gasteiger partial charge on any atom is 0.422 e. The van der Waals surface area contributed by atoms with Crippen molar-refractivity contribution in [1.29, 1.82) is 0 Å². The maximum absolute atomic E-state index is 13.1. The third-order valence-corrected chi connectivity index (χ3v) is 8.56. The Labute approximate surface area is 332 Å². The largest absolute Gasteiger partial charge is 0.467 e. The lowest BCUT2D eigenvalue weighted by Gasteiger charge is -2.19. The van der Waals surface area contributed by atoms with E-state index in [9.17, 15) is 32.3 Å². The summed E-state index contributed by atoms with van der Waals surface area (Å²) < 4.78 is 54.2. The van der Waals surface area contributed by atoms with Gasteiger partial charge in [0.15, 0.2) is 6.61 Å². The molecule has 3 aromatic carbocycles. The van der Waals surface area contributed by atoms with Gasteiger partial charge in [-0.1, -0.05) is 29.8 Å². The van der Waals surface area contributed by atoms with E-state index < -0.39 is 60.6 Å². The molecular weight excluding hydrogens is 787 g/mol. The summed E-state index contributed by atoms with van der Waals surface area (Å²) in [5, 5.41) is 13.8. The summed E-state index contributed by atoms with van der Waals surface area (Å²) in [6.45, 7) is -2.13. The van der Waals surface area contributed by atoms with Gasteiger partial charge in [0.1, 0.15) is 17.5 Å². The van der Waals surface area contributed by atoms with Gasteiger partial charge in [-0.25, -0.2) is 4.79 Å². The molecule has 1 saturated carbocycles. The van der Waals surface area contributed by atoms with Crippen LogP contribution in [0.3, 0.4) is 0 Å². The standard InChI is InChI=1S/C38H33ClF3N9O7/c1-56-33(55)29(20-44-31(53)32(54)45-26-4-2-5-27(18-26)58-28-6-3-17-43-19-28)47-30(52)22-7-13-25(14-8-22)46-34-48-35(50-36(49-34)57-21-38(40,41)42)51-37(15-16-37)23-9-11-24(39)12-10-23/h2-14,17-19,29H,15-16,20-21H2,1H3,(H,44,53)(H,45,54)(H,47,52)(H2,46,48,49,50,51)/t29-/m0/s1. The number of benzene rings is 3. The van der Waals surface area contributed by atoms with Crippen molar-refractivity contribution in [2.24, 2.45) is 0 Å². The van der Waals surface area contributed by atoms with Crippen molar-refractivity contribution < 1.29 is 46.6 Å². The van der Waals surface area contributed by atoms with Gasteiger partial charge >= 0.3 is 30.0 Å². The molecule has 58 heavy (non-hydrogen) atoms. The van der Waals surface area contributed by atoms with E-state index in [-0.39, 0.29) is 23.1 Å². The summed E-state index contributed by atoms with van der Waals surface area (Å²) in [6.07, 6.45) is -0.167. The Morgan fingerprint density at radius 1 is 0.862 bits per heavy atom. The van der Waals surface area contributed by atoms with Crippen LogP contribution in [0.25, 0.3) is 0 Å². The molecule has 0 aliphatic heterocycles. The molecule has 3 amide bonds. The van der Waals surface area contributed by atoms with Gasteiger partial charge in [-0.05, 0) is 79.1 Å². The van der Waals surface area contributed by atoms with E-state index >= 15 is 0 Å². The number of nitrogens with one attached hydrogen (secondary N) is 5. The number of pyridine rings is 1. The van der Waals surface area contributed by atoms with E-state index in [2.05, 4.69) is 46.5 Å². The Bertz CT molecular complexity index is 2270. The number of halogens is 4. The number of alkyl halides is 3. The van der Waals surface area contributed by atoms with Gasteiger partial charge in [0, 0.05) is 40.8 Å². The maximum atomic E-state index is 13.1. The minimum absolute atomic E-state index is 0.0443. The summed E-state index contributed by atoms with van der Waals surface area (Å²) in [5.74, 6) is -3.16. The highest BCUT2D eigenvalue weighted by atomic mass is 35.5. The third kappa shape index (κ3) is 11.3. The van der Waals surface area contributed by atoms with Crippen LogP contribution in [0.1, 0.15) is 28.8 Å². The van der Waals surface area contributed by atoms with E-state index in [4.69, 9.17) is 25.8 Å². The van der Waals surface area contributed by atoms with Crippen LogP contribution in [-0.4, -0.2) is 76.1 Å². The minimum Gasteiger partial charge on any atom is -0.467 e. The summed E-state index contributed by atoms with van der Waals surface area (Å²) >= 11 is 6.03. The molecule has 2 aromatic heterocycles. The predicted molar refractivity (Wildman–Crippen MR) is 203 cm³/mol. The average molecular weight is 820 g/mol. The first-order chi connectivity index (χ1) is 27.8. The Morgan fingerprint density at radius 3 is 2.26 bits per heavy atom. The van der Waals surface area contributed by atoms with Gasteiger partial charge in [0.25, 0.3) is 5.91 Å². The van der Waals surface area contributed by atoms with Gasteiger partial charge in [-0.3, -0.25) is 19.4 Å². The molecule has 0 bridgehead atoms. The van der Waals surface area contributed by atoms with Crippen LogP contribution in [-0.2, 0) is 24.7 Å². The molecule has 0 spiro atoms. The number of carbonyl (C=O) groups is 4. The Kier molecular flexibility index (Phi) is 12.5. The van der Waals surface area contributed by atoms with Gasteiger partial charge < -0.3 is 40.8 Å². The number of carbonyl (C=O) groups excluding carboxylic acids is 4. The fourth-order valence-corrected chi connectivity index (χ4v) is 5.45. The van der Waals surface area contributed by atoms with E-state index in [1.54, 1.807) is 42.6 Å². The van der Waals surface area contributed by atoms with Crippen LogP contribution in [0.5, 0.6) is 17.5 Å². The molecular formula is C38H33ClF3N9O7. The van der Waals surface area contributed by atoms with Gasteiger partial charge in [-0.2, -0.15) is 28.1 Å². The second kappa shape index (κ2) is 17.8. The molecule has 2 heterocycles. The second-order valence-electron chi connectivity index (χ2n) is 12.6. The third-order valence-electron chi connectivity index (χ3n) is 8.31. The number of amides is 3. The average Bonchev–Trinajstić information content (AvgIpc) is 3.99. The summed E-state index contributed by atoms with van der Waals surface area (Å²) in [4.78, 5) is 67.2. The monoisotopic (exact) mass is 819 g/mol. The molecule has 20 heteroatoms. The predicted octanol–water partition coefficient (Wildman–Crippen LogP) is 5.52. The molecule has 1 aliphatic rings. The summed E-state index contributed by atoms with van der Waals surface area (Å²) in [5.41, 5.74) is 0.960. The zero-order valence-corrected chi connectivity index (χ0v) is 31.1. The lowest BCUT2D eigenvalue weighted by atomic mass is 10.1. The highest BCUT2D eigenvalue weighted by molar-refractivity contribution is 6.39. The van der Waals surface area contributed by atoms with Crippen molar-refractivity contribution in [2.75, 3.05) is 36.2 Å². The van der Waals surface area contributed by atoms with E-state index in [0.29, 0.717) is 35.1 Å². The van der Waals surface area contributed by atoms with Gasteiger partial charge in [-0.15, -0.1) is 0 Å². The number of nitrogens with zero attached hydrogens (tertiary/aromatic N) is 4. The molecule has 1 fully saturated rings. The smallest absolute Gasteiger partial charge is 0.422 e. The van der Waals surface area contributed by atoms with Crippen LogP contribution in [0.2, 0.25) is 5.02 Å². The lowest BCUT2D eigenvalue weighted by molar-refractivity contribution is -0.154. The number of ether oxygens (including phenoxy) is 3. The summed E-state index contributed by atoms with van der Waals surface area (Å²) in [6, 6.07) is 20.4. The van der Waals surface area contributed by atoms with E-state index in [0.717, 1.165) is 12.7 Å². The van der Waals surface area contributed by atoms with Crippen LogP contribution < -0.4 is 36.1 Å². The number of methoxy groups -OCH3 is 1. The molecule has 1 aliphatic carbocycles. The lowest BCUT2D eigenvalue weighted by Crippen LogP contribution is -2.50. The molecule has 300 valence electrons. The van der Waals surface area contributed by atoms with Crippen molar-refractivity contribution in [3.8, 4) is 17.5 Å². The van der Waals surface area contributed by atoms with Crippen molar-refractivity contribution >= 4 is 58.6 Å². The molecule has 1 atom stereocenters. The number of aromatic nitrogens is 4. The zero-order chi connectivity index (χ0) is 41.3. The van der Waals surface area contributed by atoms with E-state index in [1.165, 1.54) is 42.6 Å². The molecule has 16 nitrogen and oxygen atoms in total. The first-order valence-electron chi connectivity index (χ1n) is 17.3. The molecule has 0 saturated heterocycles. The minimum atomic E-state index is -4.65. The molecule has 6 rings (SSSR count).